The SMILES string of the molecule is CC(Cc1nnc(SCC(=O)Nc2ccc(Cl)cn2)o1)c1ccccc1. The molecule has 0 spiro atoms. The molecule has 2 aromatic heterocycles. The van der Waals surface area contributed by atoms with Crippen molar-refractivity contribution < 1.29 is 9.21 Å². The van der Waals surface area contributed by atoms with Crippen LogP contribution in [0.15, 0.2) is 58.3 Å². The number of amides is 1. The Hall–Kier alpha value is -2.38. The first-order valence-corrected chi connectivity index (χ1v) is 9.38. The molecule has 0 saturated carbocycles. The van der Waals surface area contributed by atoms with E-state index in [-0.39, 0.29) is 17.6 Å². The highest BCUT2D eigenvalue weighted by Crippen LogP contribution is 2.22. The van der Waals surface area contributed by atoms with Gasteiger partial charge in [-0.3, -0.25) is 4.79 Å². The molecule has 0 aliphatic carbocycles. The van der Waals surface area contributed by atoms with E-state index in [0.717, 1.165) is 0 Å². The van der Waals surface area contributed by atoms with Crippen molar-refractivity contribution in [3.63, 3.8) is 0 Å². The van der Waals surface area contributed by atoms with Crippen molar-refractivity contribution in [2.24, 2.45) is 0 Å². The second-order valence-corrected chi connectivity index (χ2v) is 7.04. The number of rotatable bonds is 7. The Bertz CT molecular complexity index is 855. The van der Waals surface area contributed by atoms with Gasteiger partial charge in [0.15, 0.2) is 0 Å². The Labute approximate surface area is 160 Å². The fourth-order valence-corrected chi connectivity index (χ4v) is 2.99. The maximum Gasteiger partial charge on any atom is 0.277 e. The van der Waals surface area contributed by atoms with Crippen molar-refractivity contribution in [3.05, 3.63) is 65.1 Å². The van der Waals surface area contributed by atoms with Crippen LogP contribution < -0.4 is 5.32 Å². The van der Waals surface area contributed by atoms with E-state index >= 15 is 0 Å². The van der Waals surface area contributed by atoms with Gasteiger partial charge in [0.05, 0.1) is 10.8 Å². The summed E-state index contributed by atoms with van der Waals surface area (Å²) in [7, 11) is 0. The Kier molecular flexibility index (Phi) is 6.25. The summed E-state index contributed by atoms with van der Waals surface area (Å²) in [5, 5.41) is 11.6. The molecule has 0 fully saturated rings. The van der Waals surface area contributed by atoms with E-state index in [1.807, 2.05) is 18.2 Å². The molecule has 0 aliphatic heterocycles. The van der Waals surface area contributed by atoms with Crippen LogP contribution in [0.4, 0.5) is 5.82 Å². The third-order valence-electron chi connectivity index (χ3n) is 3.62. The molecule has 3 aromatic rings. The number of hydrogen-bond acceptors (Lipinski definition) is 6. The Morgan fingerprint density at radius 2 is 2.04 bits per heavy atom. The maximum atomic E-state index is 11.9. The van der Waals surface area contributed by atoms with Gasteiger partial charge in [-0.15, -0.1) is 10.2 Å². The number of carbonyl (C=O) groups excluding carboxylic acids is 1. The quantitative estimate of drug-likeness (QED) is 0.611. The molecule has 6 nitrogen and oxygen atoms in total. The van der Waals surface area contributed by atoms with E-state index in [9.17, 15) is 4.79 Å². The number of anilines is 1. The fourth-order valence-electron chi connectivity index (χ4n) is 2.30. The number of hydrogen-bond donors (Lipinski definition) is 1. The summed E-state index contributed by atoms with van der Waals surface area (Å²) in [6.07, 6.45) is 2.13. The number of pyridine rings is 1. The van der Waals surface area contributed by atoms with Crippen LogP contribution in [0.25, 0.3) is 0 Å². The molecule has 0 aliphatic rings. The third-order valence-corrected chi connectivity index (χ3v) is 4.66. The van der Waals surface area contributed by atoms with Gasteiger partial charge in [-0.05, 0) is 23.6 Å². The van der Waals surface area contributed by atoms with Crippen LogP contribution in [0, 0.1) is 0 Å². The highest BCUT2D eigenvalue weighted by Gasteiger charge is 2.14. The van der Waals surface area contributed by atoms with Gasteiger partial charge in [0.2, 0.25) is 11.8 Å². The van der Waals surface area contributed by atoms with Gasteiger partial charge < -0.3 is 9.73 Å². The number of nitrogens with one attached hydrogen (secondary N) is 1. The largest absolute Gasteiger partial charge is 0.416 e. The van der Waals surface area contributed by atoms with Crippen molar-refractivity contribution >= 4 is 35.1 Å². The third kappa shape index (κ3) is 5.31. The summed E-state index contributed by atoms with van der Waals surface area (Å²) in [4.78, 5) is 16.0. The smallest absolute Gasteiger partial charge is 0.277 e. The molecular weight excluding hydrogens is 372 g/mol. The van der Waals surface area contributed by atoms with E-state index in [1.165, 1.54) is 23.5 Å². The van der Waals surface area contributed by atoms with Gasteiger partial charge in [0.25, 0.3) is 5.22 Å². The molecule has 0 radical (unpaired) electrons. The summed E-state index contributed by atoms with van der Waals surface area (Å²) in [6.45, 7) is 2.11. The van der Waals surface area contributed by atoms with Crippen molar-refractivity contribution in [2.45, 2.75) is 24.5 Å². The monoisotopic (exact) mass is 388 g/mol. The van der Waals surface area contributed by atoms with Crippen LogP contribution in [0.2, 0.25) is 5.02 Å². The van der Waals surface area contributed by atoms with Gasteiger partial charge in [0.1, 0.15) is 5.82 Å². The Morgan fingerprint density at radius 1 is 1.23 bits per heavy atom. The maximum absolute atomic E-state index is 11.9. The van der Waals surface area contributed by atoms with Crippen LogP contribution in [-0.4, -0.2) is 26.8 Å². The minimum Gasteiger partial charge on any atom is -0.416 e. The lowest BCUT2D eigenvalue weighted by atomic mass is 9.98. The average molecular weight is 389 g/mol. The van der Waals surface area contributed by atoms with Crippen LogP contribution in [0.1, 0.15) is 24.3 Å². The van der Waals surface area contributed by atoms with Gasteiger partial charge in [-0.2, -0.15) is 0 Å². The first-order chi connectivity index (χ1) is 12.6. The molecule has 0 saturated heterocycles. The summed E-state index contributed by atoms with van der Waals surface area (Å²) in [6, 6.07) is 13.5. The lowest BCUT2D eigenvalue weighted by Crippen LogP contribution is -2.14. The summed E-state index contributed by atoms with van der Waals surface area (Å²) in [5.41, 5.74) is 1.22. The standard InChI is InChI=1S/C18H17ClN4O2S/c1-12(13-5-3-2-4-6-13)9-17-22-23-18(25-17)26-11-16(24)21-15-8-7-14(19)10-20-15/h2-8,10,12H,9,11H2,1H3,(H,20,21,24). The molecule has 1 amide bonds. The van der Waals surface area contributed by atoms with Gasteiger partial charge in [-0.25, -0.2) is 4.98 Å². The second-order valence-electron chi connectivity index (χ2n) is 5.68. The number of aromatic nitrogens is 3. The highest BCUT2D eigenvalue weighted by atomic mass is 35.5. The molecule has 3 rings (SSSR count). The summed E-state index contributed by atoms with van der Waals surface area (Å²) >= 11 is 6.95. The van der Waals surface area contributed by atoms with Gasteiger partial charge in [-0.1, -0.05) is 60.6 Å². The van der Waals surface area contributed by atoms with Crippen LogP contribution >= 0.6 is 23.4 Å². The molecule has 1 atom stereocenters. The van der Waals surface area contributed by atoms with E-state index in [4.69, 9.17) is 16.0 Å². The zero-order chi connectivity index (χ0) is 18.4. The van der Waals surface area contributed by atoms with Gasteiger partial charge >= 0.3 is 0 Å². The molecule has 1 unspecified atom stereocenters. The molecule has 8 heteroatoms. The van der Waals surface area contributed by atoms with Crippen LogP contribution in [0.5, 0.6) is 0 Å². The van der Waals surface area contributed by atoms with Crippen LogP contribution in [0.3, 0.4) is 0 Å². The van der Waals surface area contributed by atoms with E-state index in [2.05, 4.69) is 39.6 Å². The van der Waals surface area contributed by atoms with Crippen molar-refractivity contribution in [1.29, 1.82) is 0 Å². The zero-order valence-electron chi connectivity index (χ0n) is 14.1. The minimum atomic E-state index is -0.206. The topological polar surface area (TPSA) is 80.9 Å². The summed E-state index contributed by atoms with van der Waals surface area (Å²) in [5.74, 6) is 1.22. The van der Waals surface area contributed by atoms with Crippen molar-refractivity contribution in [2.75, 3.05) is 11.1 Å². The highest BCUT2D eigenvalue weighted by molar-refractivity contribution is 7.99. The molecule has 134 valence electrons. The first kappa shape index (κ1) is 18.4. The zero-order valence-corrected chi connectivity index (χ0v) is 15.6. The number of thioether (sulfide) groups is 1. The van der Waals surface area contributed by atoms with Crippen LogP contribution in [-0.2, 0) is 11.2 Å². The number of nitrogens with zero attached hydrogens (tertiary/aromatic N) is 3. The molecule has 2 heterocycles. The Morgan fingerprint density at radius 3 is 2.77 bits per heavy atom. The number of halogens is 1. The molecular formula is C18H17ClN4O2S. The lowest BCUT2D eigenvalue weighted by molar-refractivity contribution is -0.113. The molecule has 0 bridgehead atoms. The van der Waals surface area contributed by atoms with Crippen molar-refractivity contribution in [1.82, 2.24) is 15.2 Å². The molecule has 1 aromatic carbocycles. The minimum absolute atomic E-state index is 0.153. The predicted molar refractivity (Wildman–Crippen MR) is 101 cm³/mol. The van der Waals surface area contributed by atoms with E-state index in [1.54, 1.807) is 12.1 Å². The first-order valence-electron chi connectivity index (χ1n) is 8.01. The summed E-state index contributed by atoms with van der Waals surface area (Å²) < 4.78 is 5.62. The van der Waals surface area contributed by atoms with E-state index in [0.29, 0.717) is 28.4 Å². The normalized spacial score (nSPS) is 11.9. The second kappa shape index (κ2) is 8.82. The molecule has 1 N–H and O–H groups in total. The average Bonchev–Trinajstić information content (AvgIpc) is 3.10. The Balaban J connectivity index is 1.49. The van der Waals surface area contributed by atoms with Crippen molar-refractivity contribution in [3.8, 4) is 0 Å². The number of carbonyl (C=O) groups is 1. The number of benzene rings is 1. The van der Waals surface area contributed by atoms with Gasteiger partial charge in [0, 0.05) is 12.6 Å². The van der Waals surface area contributed by atoms with E-state index < -0.39 is 0 Å². The molecule has 26 heavy (non-hydrogen) atoms. The fraction of sp³-hybridized carbons (Fsp3) is 0.222. The predicted octanol–water partition coefficient (Wildman–Crippen LogP) is 4.20. The lowest BCUT2D eigenvalue weighted by Gasteiger charge is -2.08.